The van der Waals surface area contributed by atoms with E-state index in [1.54, 1.807) is 18.5 Å². The molecular formula is C17H28N4O4. The van der Waals surface area contributed by atoms with Gasteiger partial charge in [0.2, 0.25) is 0 Å². The topological polar surface area (TPSA) is 94.5 Å². The molecule has 8 heteroatoms. The summed E-state index contributed by atoms with van der Waals surface area (Å²) in [4.78, 5) is 31.6. The molecule has 2 amide bonds. The Bertz CT molecular complexity index is 561. The van der Waals surface area contributed by atoms with E-state index in [1.807, 2.05) is 32.6 Å². The van der Waals surface area contributed by atoms with Crippen molar-refractivity contribution >= 4 is 18.2 Å². The van der Waals surface area contributed by atoms with E-state index >= 15 is 0 Å². The van der Waals surface area contributed by atoms with Gasteiger partial charge in [-0.15, -0.1) is 0 Å². The molecule has 0 aromatic heterocycles. The monoisotopic (exact) mass is 352 g/mol. The standard InChI is InChI=1S/C17H28N4O4/c1-5-13(19-16(24)21-8-6-7-18-12(21)2)9-20-11-17(3,4)25-10-14(20)15(22)23/h6-8,12-14H,5,9-11H2,1-4H3,(H,19,24)(H,22,23). The van der Waals surface area contributed by atoms with E-state index in [2.05, 4.69) is 10.3 Å². The molecule has 3 atom stereocenters. The number of carboxylic acid groups (broad SMARTS) is 1. The first-order valence-electron chi connectivity index (χ1n) is 8.63. The number of rotatable bonds is 5. The smallest absolute Gasteiger partial charge is 0.323 e. The molecule has 3 unspecified atom stereocenters. The van der Waals surface area contributed by atoms with Crippen LogP contribution in [-0.4, -0.2) is 76.7 Å². The molecule has 1 fully saturated rings. The summed E-state index contributed by atoms with van der Waals surface area (Å²) in [5, 5.41) is 12.4. The normalized spacial score (nSPS) is 27.1. The van der Waals surface area contributed by atoms with Crippen LogP contribution < -0.4 is 5.32 Å². The second kappa shape index (κ2) is 7.97. The first-order chi connectivity index (χ1) is 11.7. The molecule has 0 aromatic carbocycles. The molecule has 0 spiro atoms. The molecule has 0 aliphatic carbocycles. The predicted molar refractivity (Wildman–Crippen MR) is 94.6 cm³/mol. The molecule has 0 aromatic rings. The minimum absolute atomic E-state index is 0.146. The highest BCUT2D eigenvalue weighted by Gasteiger charge is 2.38. The minimum atomic E-state index is -0.904. The third-order valence-corrected chi connectivity index (χ3v) is 4.49. The molecule has 25 heavy (non-hydrogen) atoms. The summed E-state index contributed by atoms with van der Waals surface area (Å²) < 4.78 is 5.63. The molecule has 0 saturated carbocycles. The zero-order valence-corrected chi connectivity index (χ0v) is 15.3. The van der Waals surface area contributed by atoms with Crippen molar-refractivity contribution in [2.75, 3.05) is 19.7 Å². The lowest BCUT2D eigenvalue weighted by atomic mass is 10.0. The van der Waals surface area contributed by atoms with Gasteiger partial charge in [0.1, 0.15) is 12.2 Å². The lowest BCUT2D eigenvalue weighted by Crippen LogP contribution is -2.60. The Kier molecular flexibility index (Phi) is 6.18. The van der Waals surface area contributed by atoms with Crippen LogP contribution in [0, 0.1) is 0 Å². The van der Waals surface area contributed by atoms with Gasteiger partial charge in [0, 0.05) is 31.5 Å². The van der Waals surface area contributed by atoms with Crippen molar-refractivity contribution in [1.82, 2.24) is 15.1 Å². The van der Waals surface area contributed by atoms with Gasteiger partial charge in [-0.25, -0.2) is 4.79 Å². The van der Waals surface area contributed by atoms with Crippen LogP contribution in [0.4, 0.5) is 4.79 Å². The average Bonchev–Trinajstić information content (AvgIpc) is 2.53. The Morgan fingerprint density at radius 3 is 2.80 bits per heavy atom. The maximum atomic E-state index is 12.5. The van der Waals surface area contributed by atoms with Gasteiger partial charge in [-0.3, -0.25) is 19.6 Å². The third-order valence-electron chi connectivity index (χ3n) is 4.49. The van der Waals surface area contributed by atoms with Gasteiger partial charge < -0.3 is 15.2 Å². The van der Waals surface area contributed by atoms with Gasteiger partial charge in [-0.2, -0.15) is 0 Å². The van der Waals surface area contributed by atoms with Crippen LogP contribution in [0.25, 0.3) is 0 Å². The third kappa shape index (κ3) is 5.02. The van der Waals surface area contributed by atoms with Gasteiger partial charge in [0.15, 0.2) is 0 Å². The summed E-state index contributed by atoms with van der Waals surface area (Å²) in [6.07, 6.45) is 5.52. The van der Waals surface area contributed by atoms with Crippen LogP contribution >= 0.6 is 0 Å². The average molecular weight is 352 g/mol. The summed E-state index contributed by atoms with van der Waals surface area (Å²) in [6.45, 7) is 8.80. The zero-order chi connectivity index (χ0) is 18.6. The molecular weight excluding hydrogens is 324 g/mol. The largest absolute Gasteiger partial charge is 0.480 e. The van der Waals surface area contributed by atoms with Crippen LogP contribution in [0.15, 0.2) is 17.3 Å². The second-order valence-corrected chi connectivity index (χ2v) is 7.09. The molecule has 2 aliphatic heterocycles. The molecule has 2 N–H and O–H groups in total. The Balaban J connectivity index is 2.01. The van der Waals surface area contributed by atoms with E-state index in [-0.39, 0.29) is 24.8 Å². The number of carboxylic acids is 1. The van der Waals surface area contributed by atoms with Crippen molar-refractivity contribution in [2.45, 2.75) is 58.0 Å². The number of nitrogens with zero attached hydrogens (tertiary/aromatic N) is 3. The molecule has 8 nitrogen and oxygen atoms in total. The number of ether oxygens (including phenoxy) is 1. The molecule has 140 valence electrons. The van der Waals surface area contributed by atoms with Crippen molar-refractivity contribution in [3.05, 3.63) is 12.3 Å². The maximum Gasteiger partial charge on any atom is 0.323 e. The van der Waals surface area contributed by atoms with Crippen molar-refractivity contribution in [3.63, 3.8) is 0 Å². The predicted octanol–water partition coefficient (Wildman–Crippen LogP) is 1.28. The highest BCUT2D eigenvalue weighted by molar-refractivity contribution is 5.80. The van der Waals surface area contributed by atoms with Gasteiger partial charge in [-0.05, 0) is 33.3 Å². The van der Waals surface area contributed by atoms with Crippen molar-refractivity contribution in [3.8, 4) is 0 Å². The number of allylic oxidation sites excluding steroid dienone is 1. The Morgan fingerprint density at radius 1 is 1.48 bits per heavy atom. The van der Waals surface area contributed by atoms with E-state index < -0.39 is 17.6 Å². The Hall–Kier alpha value is -1.93. The number of carbonyl (C=O) groups is 2. The Labute approximate surface area is 148 Å². The lowest BCUT2D eigenvalue weighted by molar-refractivity contribution is -0.162. The fourth-order valence-electron chi connectivity index (χ4n) is 3.02. The molecule has 2 heterocycles. The fourth-order valence-corrected chi connectivity index (χ4v) is 3.02. The summed E-state index contributed by atoms with van der Waals surface area (Å²) in [6, 6.07) is -1.08. The number of carbonyl (C=O) groups excluding carboxylic acids is 1. The number of urea groups is 1. The van der Waals surface area contributed by atoms with Crippen LogP contribution in [0.5, 0.6) is 0 Å². The van der Waals surface area contributed by atoms with E-state index in [0.717, 1.165) is 0 Å². The molecule has 0 radical (unpaired) electrons. The summed E-state index contributed by atoms with van der Waals surface area (Å²) in [5.41, 5.74) is -0.410. The first kappa shape index (κ1) is 19.4. The maximum absolute atomic E-state index is 12.5. The number of hydrogen-bond donors (Lipinski definition) is 2. The number of morpholine rings is 1. The van der Waals surface area contributed by atoms with Gasteiger partial charge in [0.05, 0.1) is 12.2 Å². The van der Waals surface area contributed by atoms with Crippen molar-refractivity contribution in [1.29, 1.82) is 0 Å². The summed E-state index contributed by atoms with van der Waals surface area (Å²) in [7, 11) is 0. The molecule has 1 saturated heterocycles. The zero-order valence-electron chi connectivity index (χ0n) is 15.3. The van der Waals surface area contributed by atoms with Gasteiger partial charge in [0.25, 0.3) is 0 Å². The van der Waals surface area contributed by atoms with E-state index in [4.69, 9.17) is 4.74 Å². The van der Waals surface area contributed by atoms with Gasteiger partial charge in [-0.1, -0.05) is 6.92 Å². The van der Waals surface area contributed by atoms with Crippen LogP contribution in [0.1, 0.15) is 34.1 Å². The molecule has 2 rings (SSSR count). The highest BCUT2D eigenvalue weighted by Crippen LogP contribution is 2.21. The number of amides is 2. The van der Waals surface area contributed by atoms with Crippen molar-refractivity contribution < 1.29 is 19.4 Å². The van der Waals surface area contributed by atoms with E-state index in [9.17, 15) is 14.7 Å². The SMILES string of the molecule is CCC(CN1CC(C)(C)OCC1C(=O)O)NC(=O)N1C=CC=NC1C. The van der Waals surface area contributed by atoms with E-state index in [1.165, 1.54) is 4.90 Å². The number of nitrogens with one attached hydrogen (secondary N) is 1. The number of aliphatic imine (C=N–C) groups is 1. The lowest BCUT2D eigenvalue weighted by Gasteiger charge is -2.43. The quantitative estimate of drug-likeness (QED) is 0.777. The van der Waals surface area contributed by atoms with Crippen molar-refractivity contribution in [2.24, 2.45) is 4.99 Å². The summed E-state index contributed by atoms with van der Waals surface area (Å²) in [5.74, 6) is -0.904. The first-order valence-corrected chi connectivity index (χ1v) is 8.63. The van der Waals surface area contributed by atoms with Crippen LogP contribution in [0.3, 0.4) is 0 Å². The second-order valence-electron chi connectivity index (χ2n) is 7.09. The Morgan fingerprint density at radius 2 is 2.20 bits per heavy atom. The van der Waals surface area contributed by atoms with Crippen LogP contribution in [-0.2, 0) is 9.53 Å². The molecule has 0 bridgehead atoms. The number of aliphatic carboxylic acids is 1. The molecule has 2 aliphatic rings. The van der Waals surface area contributed by atoms with Crippen LogP contribution in [0.2, 0.25) is 0 Å². The van der Waals surface area contributed by atoms with E-state index in [0.29, 0.717) is 19.5 Å². The minimum Gasteiger partial charge on any atom is -0.480 e. The summed E-state index contributed by atoms with van der Waals surface area (Å²) >= 11 is 0. The fraction of sp³-hybridized carbons (Fsp3) is 0.706. The number of hydrogen-bond acceptors (Lipinski definition) is 5. The highest BCUT2D eigenvalue weighted by atomic mass is 16.5. The van der Waals surface area contributed by atoms with Gasteiger partial charge >= 0.3 is 12.0 Å².